The number of amides is 1. The van der Waals surface area contributed by atoms with Crippen molar-refractivity contribution in [2.45, 2.75) is 19.4 Å². The van der Waals surface area contributed by atoms with E-state index in [1.54, 1.807) is 17.0 Å². The molecule has 9 heteroatoms. The van der Waals surface area contributed by atoms with Crippen molar-refractivity contribution in [3.8, 4) is 0 Å². The molecule has 6 nitrogen and oxygen atoms in total. The zero-order valence-electron chi connectivity index (χ0n) is 15.4. The molecule has 0 aromatic heterocycles. The van der Waals surface area contributed by atoms with E-state index < -0.39 is 10.0 Å². The van der Waals surface area contributed by atoms with E-state index in [1.807, 2.05) is 0 Å². The van der Waals surface area contributed by atoms with E-state index in [1.165, 1.54) is 16.6 Å². The highest BCUT2D eigenvalue weighted by Crippen LogP contribution is 2.23. The maximum absolute atomic E-state index is 14.0. The summed E-state index contributed by atoms with van der Waals surface area (Å²) in [6.07, 6.45) is 2.61. The van der Waals surface area contributed by atoms with Gasteiger partial charge in [0.2, 0.25) is 15.9 Å². The van der Waals surface area contributed by atoms with E-state index in [9.17, 15) is 17.6 Å². The van der Waals surface area contributed by atoms with Crippen molar-refractivity contribution in [1.29, 1.82) is 0 Å². The summed E-state index contributed by atoms with van der Waals surface area (Å²) in [6.45, 7) is 3.56. The summed E-state index contributed by atoms with van der Waals surface area (Å²) in [7, 11) is -3.27. The molecule has 0 N–H and O–H groups in total. The Morgan fingerprint density at radius 1 is 1.22 bits per heavy atom. The van der Waals surface area contributed by atoms with E-state index in [4.69, 9.17) is 11.6 Å². The van der Waals surface area contributed by atoms with Crippen LogP contribution < -0.4 is 0 Å². The van der Waals surface area contributed by atoms with Crippen molar-refractivity contribution >= 4 is 27.5 Å². The predicted octanol–water partition coefficient (Wildman–Crippen LogP) is 1.79. The van der Waals surface area contributed by atoms with Crippen LogP contribution in [0.4, 0.5) is 4.39 Å². The van der Waals surface area contributed by atoms with Crippen molar-refractivity contribution < 1.29 is 17.6 Å². The minimum absolute atomic E-state index is 0.0203. The Labute approximate surface area is 164 Å². The molecular formula is C18H25ClFN3O3S. The zero-order valence-corrected chi connectivity index (χ0v) is 17.0. The van der Waals surface area contributed by atoms with Gasteiger partial charge in [-0.15, -0.1) is 0 Å². The van der Waals surface area contributed by atoms with Crippen molar-refractivity contribution in [3.63, 3.8) is 0 Å². The van der Waals surface area contributed by atoms with Gasteiger partial charge in [-0.05, 0) is 25.0 Å². The number of halogens is 2. The minimum atomic E-state index is -3.27. The fourth-order valence-corrected chi connectivity index (χ4v) is 4.87. The van der Waals surface area contributed by atoms with Gasteiger partial charge in [0.05, 0.1) is 12.2 Å². The summed E-state index contributed by atoms with van der Waals surface area (Å²) in [6, 6.07) is 4.66. The van der Waals surface area contributed by atoms with E-state index in [0.717, 1.165) is 6.42 Å². The average Bonchev–Trinajstić information content (AvgIpc) is 2.64. The van der Waals surface area contributed by atoms with Crippen molar-refractivity contribution in [3.05, 3.63) is 34.6 Å². The second-order valence-corrected chi connectivity index (χ2v) is 9.65. The highest BCUT2D eigenvalue weighted by Gasteiger charge is 2.33. The van der Waals surface area contributed by atoms with Crippen molar-refractivity contribution in [2.75, 3.05) is 45.5 Å². The number of benzene rings is 1. The Morgan fingerprint density at radius 3 is 2.56 bits per heavy atom. The van der Waals surface area contributed by atoms with Gasteiger partial charge in [-0.25, -0.2) is 17.1 Å². The molecule has 2 fully saturated rings. The fourth-order valence-electron chi connectivity index (χ4n) is 3.74. The lowest BCUT2D eigenvalue weighted by Gasteiger charge is -2.38. The SMILES string of the molecule is CS(=O)(=O)N1CCCC(C(=O)N2CCN(Cc3c(F)cccc3Cl)CC2)C1. The van der Waals surface area contributed by atoms with E-state index in [0.29, 0.717) is 56.3 Å². The molecule has 2 heterocycles. The first-order valence-corrected chi connectivity index (χ1v) is 11.4. The molecule has 2 aliphatic rings. The summed E-state index contributed by atoms with van der Waals surface area (Å²) in [5.74, 6) is -0.572. The van der Waals surface area contributed by atoms with Crippen LogP contribution in [0.25, 0.3) is 0 Å². The second-order valence-electron chi connectivity index (χ2n) is 7.26. The average molecular weight is 418 g/mol. The van der Waals surface area contributed by atoms with Crippen LogP contribution in [0.2, 0.25) is 5.02 Å². The van der Waals surface area contributed by atoms with E-state index in [-0.39, 0.29) is 24.2 Å². The molecule has 1 aromatic carbocycles. The number of piperazine rings is 1. The highest BCUT2D eigenvalue weighted by atomic mass is 35.5. The molecule has 0 aliphatic carbocycles. The van der Waals surface area contributed by atoms with Crippen molar-refractivity contribution in [2.24, 2.45) is 5.92 Å². The largest absolute Gasteiger partial charge is 0.340 e. The van der Waals surface area contributed by atoms with Crippen LogP contribution in [0, 0.1) is 11.7 Å². The molecule has 1 unspecified atom stereocenters. The zero-order chi connectivity index (χ0) is 19.6. The van der Waals surface area contributed by atoms with Gasteiger partial charge in [0, 0.05) is 56.4 Å². The van der Waals surface area contributed by atoms with Crippen LogP contribution in [0.3, 0.4) is 0 Å². The molecule has 2 aliphatic heterocycles. The Hall–Kier alpha value is -1.22. The first-order chi connectivity index (χ1) is 12.8. The quantitative estimate of drug-likeness (QED) is 0.749. The second kappa shape index (κ2) is 8.43. The van der Waals surface area contributed by atoms with E-state index in [2.05, 4.69) is 4.90 Å². The monoisotopic (exact) mass is 417 g/mol. The number of carbonyl (C=O) groups is 1. The molecule has 150 valence electrons. The lowest BCUT2D eigenvalue weighted by Crippen LogP contribution is -2.52. The lowest BCUT2D eigenvalue weighted by atomic mass is 9.97. The Balaban J connectivity index is 1.55. The molecule has 1 amide bonds. The summed E-state index contributed by atoms with van der Waals surface area (Å²) in [4.78, 5) is 16.7. The molecule has 2 saturated heterocycles. The molecular weight excluding hydrogens is 393 g/mol. The molecule has 27 heavy (non-hydrogen) atoms. The predicted molar refractivity (Wildman–Crippen MR) is 102 cm³/mol. The van der Waals surface area contributed by atoms with Crippen LogP contribution in [0.5, 0.6) is 0 Å². The fraction of sp³-hybridized carbons (Fsp3) is 0.611. The molecule has 0 bridgehead atoms. The standard InChI is InChI=1S/C18H25ClFN3O3S/c1-27(25,26)23-7-3-4-14(12-23)18(24)22-10-8-21(9-11-22)13-15-16(19)5-2-6-17(15)20/h2,5-6,14H,3-4,7-13H2,1H3. The normalized spacial score (nSPS) is 22.8. The Morgan fingerprint density at radius 2 is 1.93 bits per heavy atom. The molecule has 0 radical (unpaired) electrons. The number of rotatable bonds is 4. The number of nitrogens with zero attached hydrogens (tertiary/aromatic N) is 3. The molecule has 3 rings (SSSR count). The smallest absolute Gasteiger partial charge is 0.227 e. The summed E-state index contributed by atoms with van der Waals surface area (Å²) in [5.41, 5.74) is 0.481. The number of hydrogen-bond acceptors (Lipinski definition) is 4. The maximum Gasteiger partial charge on any atom is 0.227 e. The summed E-state index contributed by atoms with van der Waals surface area (Å²) in [5, 5.41) is 0.413. The first-order valence-electron chi connectivity index (χ1n) is 9.15. The van der Waals surface area contributed by atoms with Crippen LogP contribution in [0.1, 0.15) is 18.4 Å². The minimum Gasteiger partial charge on any atom is -0.340 e. The van der Waals surface area contributed by atoms with Crippen molar-refractivity contribution in [1.82, 2.24) is 14.1 Å². The topological polar surface area (TPSA) is 60.9 Å². The van der Waals surface area contributed by atoms with Gasteiger partial charge in [0.1, 0.15) is 5.82 Å². The Bertz CT molecular complexity index is 777. The van der Waals surface area contributed by atoms with Gasteiger partial charge in [0.25, 0.3) is 0 Å². The van der Waals surface area contributed by atoms with Gasteiger partial charge in [-0.3, -0.25) is 9.69 Å². The number of hydrogen-bond donors (Lipinski definition) is 0. The van der Waals surface area contributed by atoms with Gasteiger partial charge in [-0.1, -0.05) is 17.7 Å². The van der Waals surface area contributed by atoms with Gasteiger partial charge < -0.3 is 4.90 Å². The highest BCUT2D eigenvalue weighted by molar-refractivity contribution is 7.88. The van der Waals surface area contributed by atoms with Gasteiger partial charge in [0.15, 0.2) is 0 Å². The molecule has 1 atom stereocenters. The maximum atomic E-state index is 14.0. The van der Waals surface area contributed by atoms with Crippen LogP contribution in [0.15, 0.2) is 18.2 Å². The van der Waals surface area contributed by atoms with Crippen LogP contribution in [-0.2, 0) is 21.4 Å². The lowest BCUT2D eigenvalue weighted by molar-refractivity contribution is -0.138. The Kier molecular flexibility index (Phi) is 6.40. The van der Waals surface area contributed by atoms with E-state index >= 15 is 0 Å². The number of carbonyl (C=O) groups excluding carboxylic acids is 1. The number of piperidine rings is 1. The van der Waals surface area contributed by atoms with Crippen LogP contribution >= 0.6 is 11.6 Å². The summed E-state index contributed by atoms with van der Waals surface area (Å²) >= 11 is 6.09. The summed E-state index contributed by atoms with van der Waals surface area (Å²) < 4.78 is 38.9. The molecule has 1 aromatic rings. The third-order valence-electron chi connectivity index (χ3n) is 5.33. The van der Waals surface area contributed by atoms with Crippen LogP contribution in [-0.4, -0.2) is 74.0 Å². The van der Waals surface area contributed by atoms with Gasteiger partial charge in [-0.2, -0.15) is 0 Å². The van der Waals surface area contributed by atoms with Gasteiger partial charge >= 0.3 is 0 Å². The molecule has 0 saturated carbocycles. The number of sulfonamides is 1. The third-order valence-corrected chi connectivity index (χ3v) is 6.95. The third kappa shape index (κ3) is 4.99. The first kappa shape index (κ1) is 20.5. The molecule has 0 spiro atoms.